The van der Waals surface area contributed by atoms with Crippen molar-refractivity contribution in [1.82, 2.24) is 0 Å². The van der Waals surface area contributed by atoms with E-state index in [9.17, 15) is 19.7 Å². The van der Waals surface area contributed by atoms with Gasteiger partial charge in [-0.3, -0.25) is 20.2 Å². The van der Waals surface area contributed by atoms with Crippen molar-refractivity contribution >= 4 is 29.1 Å². The van der Waals surface area contributed by atoms with Crippen molar-refractivity contribution in [3.63, 3.8) is 0 Å². The number of hydrogen-bond donors (Lipinski definition) is 1. The maximum absolute atomic E-state index is 12.1. The summed E-state index contributed by atoms with van der Waals surface area (Å²) in [7, 11) is 0. The summed E-state index contributed by atoms with van der Waals surface area (Å²) in [6, 6.07) is 12.2. The third kappa shape index (κ3) is 3.95. The zero-order valence-electron chi connectivity index (χ0n) is 13.6. The molecule has 1 N–H and O–H groups in total. The topological polar surface area (TPSA) is 111 Å². The highest BCUT2D eigenvalue weighted by molar-refractivity contribution is 6.01. The summed E-state index contributed by atoms with van der Waals surface area (Å²) in [6.07, 6.45) is -0.821. The molecule has 0 bridgehead atoms. The van der Waals surface area contributed by atoms with Gasteiger partial charge in [-0.2, -0.15) is 0 Å². The maximum atomic E-state index is 12.1. The number of nitro groups is 1. The molecule has 2 aromatic carbocycles. The van der Waals surface area contributed by atoms with Crippen LogP contribution in [0.15, 0.2) is 48.5 Å². The van der Waals surface area contributed by atoms with Gasteiger partial charge in [0.2, 0.25) is 0 Å². The number of para-hydroxylation sites is 1. The molecule has 134 valence electrons. The molecule has 0 spiro atoms. The van der Waals surface area contributed by atoms with Crippen molar-refractivity contribution in [3.05, 3.63) is 58.6 Å². The van der Waals surface area contributed by atoms with Gasteiger partial charge in [0.1, 0.15) is 12.4 Å². The standard InChI is InChI=1S/C17H15N3O6/c21-16-11-25-9-8-19(16)15-7-6-12(20(23)24)10-14(15)18-17(22)26-13-4-2-1-3-5-13/h1-7,10H,8-9,11H2,(H,18,22). The Morgan fingerprint density at radius 1 is 1.23 bits per heavy atom. The first kappa shape index (κ1) is 17.4. The Morgan fingerprint density at radius 2 is 2.00 bits per heavy atom. The zero-order valence-corrected chi connectivity index (χ0v) is 13.6. The molecule has 3 rings (SSSR count). The van der Waals surface area contributed by atoms with Gasteiger partial charge in [-0.25, -0.2) is 4.79 Å². The Kier molecular flexibility index (Phi) is 5.09. The van der Waals surface area contributed by atoms with Crippen LogP contribution in [0.3, 0.4) is 0 Å². The minimum Gasteiger partial charge on any atom is -0.410 e. The molecule has 0 radical (unpaired) electrons. The van der Waals surface area contributed by atoms with Crippen LogP contribution in [0.25, 0.3) is 0 Å². The molecule has 1 heterocycles. The Bertz CT molecular complexity index is 840. The number of ether oxygens (including phenoxy) is 2. The molecule has 0 atom stereocenters. The molecule has 0 saturated carbocycles. The second-order valence-corrected chi connectivity index (χ2v) is 5.38. The van der Waals surface area contributed by atoms with Gasteiger partial charge in [0.05, 0.1) is 22.9 Å². The fourth-order valence-corrected chi connectivity index (χ4v) is 2.48. The third-order valence-electron chi connectivity index (χ3n) is 3.66. The first-order valence-electron chi connectivity index (χ1n) is 7.75. The molecule has 1 saturated heterocycles. The van der Waals surface area contributed by atoms with Gasteiger partial charge < -0.3 is 14.4 Å². The summed E-state index contributed by atoms with van der Waals surface area (Å²) < 4.78 is 10.2. The number of amides is 2. The van der Waals surface area contributed by atoms with Gasteiger partial charge in [-0.05, 0) is 18.2 Å². The van der Waals surface area contributed by atoms with Gasteiger partial charge in [0.25, 0.3) is 11.6 Å². The number of rotatable bonds is 4. The lowest BCUT2D eigenvalue weighted by Gasteiger charge is -2.28. The van der Waals surface area contributed by atoms with Crippen LogP contribution in [0.2, 0.25) is 0 Å². The predicted molar refractivity (Wildman–Crippen MR) is 92.4 cm³/mol. The molecule has 9 heteroatoms. The molecule has 9 nitrogen and oxygen atoms in total. The molecule has 26 heavy (non-hydrogen) atoms. The van der Waals surface area contributed by atoms with E-state index in [-0.39, 0.29) is 30.4 Å². The van der Waals surface area contributed by atoms with Crippen molar-refractivity contribution in [2.45, 2.75) is 0 Å². The quantitative estimate of drug-likeness (QED) is 0.665. The molecular weight excluding hydrogens is 342 g/mol. The SMILES string of the molecule is O=C(Nc1cc([N+](=O)[O-])ccc1N1CCOCC1=O)Oc1ccccc1. The van der Waals surface area contributed by atoms with Crippen molar-refractivity contribution < 1.29 is 24.0 Å². The zero-order chi connectivity index (χ0) is 18.5. The lowest BCUT2D eigenvalue weighted by atomic mass is 10.2. The van der Waals surface area contributed by atoms with Crippen LogP contribution in [-0.2, 0) is 9.53 Å². The van der Waals surface area contributed by atoms with Crippen LogP contribution in [0.4, 0.5) is 21.9 Å². The molecule has 2 aromatic rings. The molecular formula is C17H15N3O6. The highest BCUT2D eigenvalue weighted by Gasteiger charge is 2.25. The maximum Gasteiger partial charge on any atom is 0.417 e. The summed E-state index contributed by atoms with van der Waals surface area (Å²) in [5.74, 6) is 0.0176. The lowest BCUT2D eigenvalue weighted by Crippen LogP contribution is -2.42. The van der Waals surface area contributed by atoms with Crippen LogP contribution in [-0.4, -0.2) is 36.7 Å². The number of anilines is 2. The van der Waals surface area contributed by atoms with E-state index in [4.69, 9.17) is 9.47 Å². The third-order valence-corrected chi connectivity index (χ3v) is 3.66. The smallest absolute Gasteiger partial charge is 0.410 e. The van der Waals surface area contributed by atoms with E-state index < -0.39 is 11.0 Å². The van der Waals surface area contributed by atoms with Gasteiger partial charge in [-0.1, -0.05) is 18.2 Å². The second kappa shape index (κ2) is 7.62. The van der Waals surface area contributed by atoms with Crippen LogP contribution in [0, 0.1) is 10.1 Å². The van der Waals surface area contributed by atoms with Crippen molar-refractivity contribution in [2.24, 2.45) is 0 Å². The molecule has 0 aromatic heterocycles. The number of carbonyl (C=O) groups is 2. The Balaban J connectivity index is 1.87. The second-order valence-electron chi connectivity index (χ2n) is 5.38. The van der Waals surface area contributed by atoms with Crippen LogP contribution >= 0.6 is 0 Å². The van der Waals surface area contributed by atoms with E-state index in [0.717, 1.165) is 0 Å². The number of nitrogens with zero attached hydrogens (tertiary/aromatic N) is 2. The van der Waals surface area contributed by atoms with E-state index in [0.29, 0.717) is 18.0 Å². The number of hydrogen-bond acceptors (Lipinski definition) is 6. The largest absolute Gasteiger partial charge is 0.417 e. The molecule has 0 unspecified atom stereocenters. The molecule has 1 aliphatic heterocycles. The monoisotopic (exact) mass is 357 g/mol. The normalized spacial score (nSPS) is 14.0. The average Bonchev–Trinajstić information content (AvgIpc) is 2.63. The Hall–Kier alpha value is -3.46. The molecule has 1 aliphatic rings. The fourth-order valence-electron chi connectivity index (χ4n) is 2.48. The van der Waals surface area contributed by atoms with Gasteiger partial charge in [0, 0.05) is 18.7 Å². The highest BCUT2D eigenvalue weighted by Crippen LogP contribution is 2.31. The summed E-state index contributed by atoms with van der Waals surface area (Å²) >= 11 is 0. The predicted octanol–water partition coefficient (Wildman–Crippen LogP) is 2.57. The van der Waals surface area contributed by atoms with Crippen molar-refractivity contribution in [3.8, 4) is 5.75 Å². The van der Waals surface area contributed by atoms with Crippen LogP contribution in [0.1, 0.15) is 0 Å². The average molecular weight is 357 g/mol. The van der Waals surface area contributed by atoms with E-state index in [1.807, 2.05) is 0 Å². The lowest BCUT2D eigenvalue weighted by molar-refractivity contribution is -0.384. The number of nitrogens with one attached hydrogen (secondary N) is 1. The first-order valence-corrected chi connectivity index (χ1v) is 7.75. The minimum atomic E-state index is -0.821. The number of morpholine rings is 1. The summed E-state index contributed by atoms with van der Waals surface area (Å²) in [6.45, 7) is 0.514. The van der Waals surface area contributed by atoms with Gasteiger partial charge in [0.15, 0.2) is 0 Å². The summed E-state index contributed by atoms with van der Waals surface area (Å²) in [4.78, 5) is 36.1. The number of non-ortho nitro benzene ring substituents is 1. The summed E-state index contributed by atoms with van der Waals surface area (Å²) in [5, 5.41) is 13.5. The van der Waals surface area contributed by atoms with Crippen LogP contribution < -0.4 is 15.0 Å². The molecule has 1 fully saturated rings. The first-order chi connectivity index (χ1) is 12.5. The van der Waals surface area contributed by atoms with E-state index in [2.05, 4.69) is 5.32 Å². The van der Waals surface area contributed by atoms with E-state index in [1.165, 1.54) is 23.1 Å². The van der Waals surface area contributed by atoms with Gasteiger partial charge in [-0.15, -0.1) is 0 Å². The number of carbonyl (C=O) groups excluding carboxylic acids is 2. The van der Waals surface area contributed by atoms with Crippen molar-refractivity contribution in [2.75, 3.05) is 30.0 Å². The number of nitro benzene ring substituents is 1. The van der Waals surface area contributed by atoms with Crippen LogP contribution in [0.5, 0.6) is 5.75 Å². The molecule has 2 amide bonds. The van der Waals surface area contributed by atoms with E-state index in [1.54, 1.807) is 30.3 Å². The summed E-state index contributed by atoms with van der Waals surface area (Å²) in [5.41, 5.74) is 0.230. The van der Waals surface area contributed by atoms with Crippen molar-refractivity contribution in [1.29, 1.82) is 0 Å². The molecule has 0 aliphatic carbocycles. The van der Waals surface area contributed by atoms with E-state index >= 15 is 0 Å². The van der Waals surface area contributed by atoms with Gasteiger partial charge >= 0.3 is 6.09 Å². The Labute approximate surface area is 148 Å². The fraction of sp³-hybridized carbons (Fsp3) is 0.176. The Morgan fingerprint density at radius 3 is 2.69 bits per heavy atom. The minimum absolute atomic E-state index is 0.0924. The number of benzene rings is 2. The highest BCUT2D eigenvalue weighted by atomic mass is 16.6.